The van der Waals surface area contributed by atoms with Crippen molar-refractivity contribution in [1.29, 1.82) is 0 Å². The monoisotopic (exact) mass is 306 g/mol. The van der Waals surface area contributed by atoms with Crippen LogP contribution in [0, 0.1) is 0 Å². The summed E-state index contributed by atoms with van der Waals surface area (Å²) in [5.74, 6) is 1.09. The van der Waals surface area contributed by atoms with Gasteiger partial charge in [-0.1, -0.05) is 31.2 Å². The van der Waals surface area contributed by atoms with Gasteiger partial charge in [0.15, 0.2) is 0 Å². The second-order valence-electron chi connectivity index (χ2n) is 6.04. The molecule has 0 atom stereocenters. The molecule has 4 rings (SSSR count). The lowest BCUT2D eigenvalue weighted by Crippen LogP contribution is -2.48. The second kappa shape index (κ2) is 6.05. The Morgan fingerprint density at radius 2 is 1.61 bits per heavy atom. The van der Waals surface area contributed by atoms with Crippen LogP contribution in [0.3, 0.4) is 0 Å². The molecule has 0 aromatic heterocycles. The number of hydrogen-bond donors (Lipinski definition) is 1. The molecule has 0 amide bonds. The molecule has 0 spiro atoms. The van der Waals surface area contributed by atoms with E-state index in [0.717, 1.165) is 55.6 Å². The molecule has 1 saturated heterocycles. The van der Waals surface area contributed by atoms with E-state index in [1.807, 2.05) is 6.07 Å². The molecule has 0 saturated carbocycles. The van der Waals surface area contributed by atoms with Gasteiger partial charge in [-0.05, 0) is 30.8 Å². The Balaban J connectivity index is 1.76. The summed E-state index contributed by atoms with van der Waals surface area (Å²) < 4.78 is 0. The lowest BCUT2D eigenvalue weighted by Gasteiger charge is -2.36. The predicted octanol–water partition coefficient (Wildman–Crippen LogP) is 3.46. The number of para-hydroxylation sites is 3. The molecule has 2 aromatic carbocycles. The van der Waals surface area contributed by atoms with Gasteiger partial charge in [0.2, 0.25) is 0 Å². The maximum absolute atomic E-state index is 5.02. The Bertz CT molecular complexity index is 730. The van der Waals surface area contributed by atoms with Crippen LogP contribution >= 0.6 is 0 Å². The number of fused-ring (bicyclic) bond motifs is 2. The lowest BCUT2D eigenvalue weighted by molar-refractivity contribution is 0.190. The fourth-order valence-corrected chi connectivity index (χ4v) is 3.30. The van der Waals surface area contributed by atoms with E-state index in [2.05, 4.69) is 64.5 Å². The van der Waals surface area contributed by atoms with Crippen molar-refractivity contribution in [3.05, 3.63) is 54.1 Å². The van der Waals surface area contributed by atoms with E-state index >= 15 is 0 Å². The molecule has 23 heavy (non-hydrogen) atoms. The summed E-state index contributed by atoms with van der Waals surface area (Å²) in [6.45, 7) is 7.63. The van der Waals surface area contributed by atoms with E-state index in [0.29, 0.717) is 0 Å². The van der Waals surface area contributed by atoms with Crippen molar-refractivity contribution in [3.8, 4) is 0 Å². The Hall–Kier alpha value is -2.33. The molecule has 0 unspecified atom stereocenters. The Morgan fingerprint density at radius 1 is 0.913 bits per heavy atom. The van der Waals surface area contributed by atoms with Crippen molar-refractivity contribution < 1.29 is 0 Å². The van der Waals surface area contributed by atoms with E-state index in [1.54, 1.807) is 0 Å². The highest BCUT2D eigenvalue weighted by molar-refractivity contribution is 6.07. The summed E-state index contributed by atoms with van der Waals surface area (Å²) in [5.41, 5.74) is 4.40. The number of aliphatic imine (C=N–C) groups is 1. The summed E-state index contributed by atoms with van der Waals surface area (Å²) in [4.78, 5) is 9.93. The molecule has 1 N–H and O–H groups in total. The molecule has 2 aromatic rings. The summed E-state index contributed by atoms with van der Waals surface area (Å²) in [6, 6.07) is 16.7. The number of piperazine rings is 1. The molecule has 4 heteroatoms. The zero-order valence-corrected chi connectivity index (χ0v) is 13.5. The highest BCUT2D eigenvalue weighted by atomic mass is 15.3. The normalized spacial score (nSPS) is 17.6. The number of anilines is 2. The summed E-state index contributed by atoms with van der Waals surface area (Å²) in [7, 11) is 0. The van der Waals surface area contributed by atoms with Crippen LogP contribution in [-0.4, -0.2) is 48.4 Å². The third kappa shape index (κ3) is 2.70. The van der Waals surface area contributed by atoms with E-state index in [-0.39, 0.29) is 0 Å². The summed E-state index contributed by atoms with van der Waals surface area (Å²) >= 11 is 0. The van der Waals surface area contributed by atoms with Gasteiger partial charge >= 0.3 is 0 Å². The highest BCUT2D eigenvalue weighted by Gasteiger charge is 2.24. The van der Waals surface area contributed by atoms with Crippen LogP contribution in [0.1, 0.15) is 12.5 Å². The van der Waals surface area contributed by atoms with Gasteiger partial charge in [0, 0.05) is 37.4 Å². The predicted molar refractivity (Wildman–Crippen MR) is 96.1 cm³/mol. The van der Waals surface area contributed by atoms with Gasteiger partial charge in [0.25, 0.3) is 0 Å². The average molecular weight is 306 g/mol. The molecule has 4 nitrogen and oxygen atoms in total. The minimum Gasteiger partial charge on any atom is -0.353 e. The van der Waals surface area contributed by atoms with Crippen molar-refractivity contribution in [2.45, 2.75) is 6.92 Å². The van der Waals surface area contributed by atoms with Crippen molar-refractivity contribution in [2.75, 3.05) is 38.0 Å². The van der Waals surface area contributed by atoms with Crippen molar-refractivity contribution in [3.63, 3.8) is 0 Å². The van der Waals surface area contributed by atoms with Gasteiger partial charge in [0.05, 0.1) is 11.4 Å². The van der Waals surface area contributed by atoms with E-state index in [9.17, 15) is 0 Å². The van der Waals surface area contributed by atoms with Crippen LogP contribution < -0.4 is 5.32 Å². The summed E-state index contributed by atoms with van der Waals surface area (Å²) in [6.07, 6.45) is 0. The number of nitrogens with zero attached hydrogens (tertiary/aromatic N) is 3. The van der Waals surface area contributed by atoms with Crippen molar-refractivity contribution in [1.82, 2.24) is 9.80 Å². The van der Waals surface area contributed by atoms with Crippen LogP contribution in [0.4, 0.5) is 17.1 Å². The average Bonchev–Trinajstić information content (AvgIpc) is 2.78. The van der Waals surface area contributed by atoms with Gasteiger partial charge in [-0.2, -0.15) is 0 Å². The molecule has 118 valence electrons. The number of nitrogens with one attached hydrogen (secondary N) is 1. The number of rotatable bonds is 1. The van der Waals surface area contributed by atoms with E-state index in [1.165, 1.54) is 5.56 Å². The van der Waals surface area contributed by atoms with Gasteiger partial charge in [0.1, 0.15) is 5.84 Å². The van der Waals surface area contributed by atoms with Gasteiger partial charge in [-0.25, -0.2) is 4.99 Å². The third-order valence-electron chi connectivity index (χ3n) is 4.69. The van der Waals surface area contributed by atoms with Crippen LogP contribution in [0.15, 0.2) is 53.5 Å². The van der Waals surface area contributed by atoms with Crippen LogP contribution in [0.5, 0.6) is 0 Å². The number of amidine groups is 1. The number of likely N-dealkylation sites (N-methyl/N-ethyl adjacent to an activating group) is 1. The molecule has 2 heterocycles. The smallest absolute Gasteiger partial charge is 0.138 e. The standard InChI is InChI=1S/C19H22N4/c1-2-22-11-13-23(14-12-22)19-15-7-3-4-8-16(15)20-17-9-5-6-10-18(17)21-19/h3-10,20H,2,11-14H2,1H3. The van der Waals surface area contributed by atoms with Gasteiger partial charge < -0.3 is 15.1 Å². The van der Waals surface area contributed by atoms with Gasteiger partial charge in [-0.3, -0.25) is 0 Å². The first-order chi connectivity index (χ1) is 11.3. The largest absolute Gasteiger partial charge is 0.353 e. The zero-order chi connectivity index (χ0) is 15.6. The minimum atomic E-state index is 1.01. The number of hydrogen-bond acceptors (Lipinski definition) is 4. The first-order valence-corrected chi connectivity index (χ1v) is 8.36. The highest BCUT2D eigenvalue weighted by Crippen LogP contribution is 2.34. The quantitative estimate of drug-likeness (QED) is 0.875. The third-order valence-corrected chi connectivity index (χ3v) is 4.69. The van der Waals surface area contributed by atoms with E-state index < -0.39 is 0 Å². The molecular formula is C19H22N4. The first kappa shape index (κ1) is 14.3. The van der Waals surface area contributed by atoms with Crippen LogP contribution in [0.25, 0.3) is 0 Å². The molecular weight excluding hydrogens is 284 g/mol. The molecule has 0 aliphatic carbocycles. The fraction of sp³-hybridized carbons (Fsp3) is 0.316. The maximum Gasteiger partial charge on any atom is 0.138 e. The fourth-order valence-electron chi connectivity index (χ4n) is 3.30. The number of benzene rings is 2. The van der Waals surface area contributed by atoms with Gasteiger partial charge in [-0.15, -0.1) is 0 Å². The Morgan fingerprint density at radius 3 is 2.39 bits per heavy atom. The summed E-state index contributed by atoms with van der Waals surface area (Å²) in [5, 5.41) is 3.54. The molecule has 0 bridgehead atoms. The SMILES string of the molecule is CCN1CCN(C2=Nc3ccccc3Nc3ccccc32)CC1. The topological polar surface area (TPSA) is 30.9 Å². The van der Waals surface area contributed by atoms with Crippen LogP contribution in [-0.2, 0) is 0 Å². The molecule has 2 aliphatic rings. The molecule has 2 aliphatic heterocycles. The van der Waals surface area contributed by atoms with Crippen molar-refractivity contribution >= 4 is 22.9 Å². The zero-order valence-electron chi connectivity index (χ0n) is 13.5. The first-order valence-electron chi connectivity index (χ1n) is 8.36. The lowest BCUT2D eigenvalue weighted by atomic mass is 10.1. The molecule has 1 fully saturated rings. The second-order valence-corrected chi connectivity index (χ2v) is 6.04. The molecule has 0 radical (unpaired) electrons. The van der Waals surface area contributed by atoms with Crippen LogP contribution in [0.2, 0.25) is 0 Å². The van der Waals surface area contributed by atoms with Crippen molar-refractivity contribution in [2.24, 2.45) is 4.99 Å². The Kier molecular flexibility index (Phi) is 3.75. The maximum atomic E-state index is 5.02. The Labute approximate surface area is 137 Å². The minimum absolute atomic E-state index is 1.01. The van der Waals surface area contributed by atoms with E-state index in [4.69, 9.17) is 4.99 Å².